The van der Waals surface area contributed by atoms with E-state index in [1.807, 2.05) is 47.4 Å². The molecular formula is C34H41N3O6. The zero-order chi connectivity index (χ0) is 30.6. The Morgan fingerprint density at radius 1 is 0.837 bits per heavy atom. The molecule has 2 saturated heterocycles. The van der Waals surface area contributed by atoms with E-state index >= 15 is 0 Å². The van der Waals surface area contributed by atoms with Crippen LogP contribution in [0.2, 0.25) is 0 Å². The fourth-order valence-corrected chi connectivity index (χ4v) is 6.80. The molecule has 0 aromatic heterocycles. The fourth-order valence-electron chi connectivity index (χ4n) is 6.80. The van der Waals surface area contributed by atoms with Gasteiger partial charge in [0.05, 0.1) is 26.7 Å². The maximum atomic E-state index is 13.8. The van der Waals surface area contributed by atoms with Crippen molar-refractivity contribution in [1.29, 1.82) is 0 Å². The molecule has 2 fully saturated rings. The van der Waals surface area contributed by atoms with Gasteiger partial charge in [-0.25, -0.2) is 0 Å². The summed E-state index contributed by atoms with van der Waals surface area (Å²) in [6, 6.07) is 20.6. The third kappa shape index (κ3) is 5.86. The van der Waals surface area contributed by atoms with E-state index in [0.29, 0.717) is 48.7 Å². The summed E-state index contributed by atoms with van der Waals surface area (Å²) in [5.74, 6) is 1.14. The normalized spacial score (nSPS) is 20.0. The minimum Gasteiger partial charge on any atom is -0.508 e. The molecule has 0 radical (unpaired) electrons. The average Bonchev–Trinajstić information content (AvgIpc) is 3.49. The summed E-state index contributed by atoms with van der Waals surface area (Å²) in [6.07, 6.45) is 2.96. The number of nitrogens with zero attached hydrogens (tertiary/aromatic N) is 2. The van der Waals surface area contributed by atoms with Crippen LogP contribution in [0.5, 0.6) is 23.0 Å². The van der Waals surface area contributed by atoms with Crippen LogP contribution >= 0.6 is 0 Å². The molecule has 2 aliphatic rings. The summed E-state index contributed by atoms with van der Waals surface area (Å²) in [5.41, 5.74) is 7.58. The lowest BCUT2D eigenvalue weighted by Gasteiger charge is -2.41. The Labute approximate surface area is 253 Å². The number of carbonyl (C=O) groups excluding carboxylic acids is 2. The lowest BCUT2D eigenvalue weighted by atomic mass is 9.71. The van der Waals surface area contributed by atoms with Gasteiger partial charge in [0.25, 0.3) is 5.91 Å². The quantitative estimate of drug-likeness (QED) is 0.367. The number of ether oxygens (including phenoxy) is 3. The zero-order valence-electron chi connectivity index (χ0n) is 25.2. The van der Waals surface area contributed by atoms with Crippen LogP contribution in [0.4, 0.5) is 0 Å². The molecule has 0 spiro atoms. The molecule has 3 N–H and O–H groups in total. The molecule has 5 rings (SSSR count). The first kappa shape index (κ1) is 30.2. The molecular weight excluding hydrogens is 546 g/mol. The molecule has 9 heteroatoms. The van der Waals surface area contributed by atoms with Gasteiger partial charge < -0.3 is 34.9 Å². The molecule has 0 saturated carbocycles. The summed E-state index contributed by atoms with van der Waals surface area (Å²) < 4.78 is 16.4. The standard InChI is InChI=1S/C34H41N3O6/c1-41-28-21-24(22-29(42-2)30(28)43-3)31(39)37-20-14-33(23-37,25-9-11-27(38)12-10-25)13-17-36-18-15-34(16-19-36,32(35)40)26-7-5-4-6-8-26/h4-12,21-22,38H,13-20,23H2,1-3H3,(H2,35,40). The van der Waals surface area contributed by atoms with Crippen LogP contribution in [0.15, 0.2) is 66.7 Å². The van der Waals surface area contributed by atoms with Gasteiger partial charge in [-0.1, -0.05) is 42.5 Å². The first-order valence-corrected chi connectivity index (χ1v) is 14.7. The van der Waals surface area contributed by atoms with Crippen molar-refractivity contribution >= 4 is 11.8 Å². The number of phenolic OH excluding ortho intramolecular Hbond substituents is 1. The van der Waals surface area contributed by atoms with Gasteiger partial charge in [-0.05, 0) is 80.7 Å². The number of primary amides is 1. The van der Waals surface area contributed by atoms with Gasteiger partial charge in [-0.2, -0.15) is 0 Å². The maximum Gasteiger partial charge on any atom is 0.254 e. The number of likely N-dealkylation sites (tertiary alicyclic amines) is 2. The summed E-state index contributed by atoms with van der Waals surface area (Å²) in [7, 11) is 4.60. The van der Waals surface area contributed by atoms with E-state index in [0.717, 1.165) is 43.6 Å². The molecule has 0 bridgehead atoms. The molecule has 2 heterocycles. The van der Waals surface area contributed by atoms with E-state index in [4.69, 9.17) is 19.9 Å². The molecule has 3 aromatic rings. The summed E-state index contributed by atoms with van der Waals surface area (Å²) in [6.45, 7) is 3.47. The van der Waals surface area contributed by atoms with Crippen molar-refractivity contribution in [3.63, 3.8) is 0 Å². The molecule has 0 aliphatic carbocycles. The van der Waals surface area contributed by atoms with Crippen molar-refractivity contribution in [2.24, 2.45) is 5.73 Å². The second kappa shape index (κ2) is 12.6. The number of hydrogen-bond donors (Lipinski definition) is 2. The van der Waals surface area contributed by atoms with Crippen LogP contribution in [0.25, 0.3) is 0 Å². The number of phenols is 1. The third-order valence-electron chi connectivity index (χ3n) is 9.45. The molecule has 9 nitrogen and oxygen atoms in total. The highest BCUT2D eigenvalue weighted by atomic mass is 16.5. The predicted octanol–water partition coefficient (Wildman–Crippen LogP) is 4.11. The highest BCUT2D eigenvalue weighted by molar-refractivity contribution is 5.96. The monoisotopic (exact) mass is 587 g/mol. The smallest absolute Gasteiger partial charge is 0.254 e. The topological polar surface area (TPSA) is 115 Å². The van der Waals surface area contributed by atoms with E-state index in [-0.39, 0.29) is 23.0 Å². The molecule has 2 aliphatic heterocycles. The van der Waals surface area contributed by atoms with Crippen molar-refractivity contribution in [3.8, 4) is 23.0 Å². The zero-order valence-corrected chi connectivity index (χ0v) is 25.2. The number of rotatable bonds is 10. The van der Waals surface area contributed by atoms with E-state index in [1.165, 1.54) is 21.3 Å². The Hall–Kier alpha value is -4.24. The lowest BCUT2D eigenvalue weighted by molar-refractivity contribution is -0.125. The minimum absolute atomic E-state index is 0.105. The summed E-state index contributed by atoms with van der Waals surface area (Å²) >= 11 is 0. The molecule has 43 heavy (non-hydrogen) atoms. The van der Waals surface area contributed by atoms with Gasteiger partial charge in [-0.3, -0.25) is 9.59 Å². The maximum absolute atomic E-state index is 13.8. The highest BCUT2D eigenvalue weighted by Gasteiger charge is 2.44. The van der Waals surface area contributed by atoms with Crippen LogP contribution in [-0.4, -0.2) is 80.8 Å². The molecule has 228 valence electrons. The number of aromatic hydroxyl groups is 1. The second-order valence-corrected chi connectivity index (χ2v) is 11.6. The van der Waals surface area contributed by atoms with Crippen LogP contribution in [0.1, 0.15) is 47.2 Å². The van der Waals surface area contributed by atoms with E-state index in [1.54, 1.807) is 24.3 Å². The van der Waals surface area contributed by atoms with Crippen molar-refractivity contribution in [3.05, 3.63) is 83.4 Å². The van der Waals surface area contributed by atoms with Crippen molar-refractivity contribution in [2.45, 2.75) is 36.5 Å². The molecule has 1 unspecified atom stereocenters. The Bertz CT molecular complexity index is 1410. The van der Waals surface area contributed by atoms with Crippen LogP contribution in [0, 0.1) is 0 Å². The number of amides is 2. The van der Waals surface area contributed by atoms with Crippen LogP contribution < -0.4 is 19.9 Å². The summed E-state index contributed by atoms with van der Waals surface area (Å²) in [4.78, 5) is 30.8. The summed E-state index contributed by atoms with van der Waals surface area (Å²) in [5, 5.41) is 9.99. The first-order valence-electron chi connectivity index (χ1n) is 14.7. The van der Waals surface area contributed by atoms with Gasteiger partial charge in [0.2, 0.25) is 11.7 Å². The molecule has 1 atom stereocenters. The Morgan fingerprint density at radius 3 is 2.02 bits per heavy atom. The number of carbonyl (C=O) groups is 2. The van der Waals surface area contributed by atoms with Crippen LogP contribution in [-0.2, 0) is 15.6 Å². The number of benzene rings is 3. The van der Waals surface area contributed by atoms with E-state index < -0.39 is 5.41 Å². The van der Waals surface area contributed by atoms with Gasteiger partial charge in [0.1, 0.15) is 5.75 Å². The Balaban J connectivity index is 1.34. The van der Waals surface area contributed by atoms with Crippen LogP contribution in [0.3, 0.4) is 0 Å². The van der Waals surface area contributed by atoms with Gasteiger partial charge in [-0.15, -0.1) is 0 Å². The highest BCUT2D eigenvalue weighted by Crippen LogP contribution is 2.42. The first-order chi connectivity index (χ1) is 20.7. The molecule has 2 amide bonds. The van der Waals surface area contributed by atoms with Crippen molar-refractivity contribution in [2.75, 3.05) is 54.1 Å². The number of piperidine rings is 1. The van der Waals surface area contributed by atoms with Gasteiger partial charge in [0.15, 0.2) is 11.5 Å². The largest absolute Gasteiger partial charge is 0.508 e. The SMILES string of the molecule is COc1cc(C(=O)N2CCC(CCN3CCC(C(N)=O)(c4ccccc4)CC3)(c3ccc(O)cc3)C2)cc(OC)c1OC. The lowest BCUT2D eigenvalue weighted by Crippen LogP contribution is -2.50. The van der Waals surface area contributed by atoms with Crippen molar-refractivity contribution in [1.82, 2.24) is 9.80 Å². The Kier molecular flexibility index (Phi) is 8.82. The van der Waals surface area contributed by atoms with Crippen molar-refractivity contribution < 1.29 is 28.9 Å². The predicted molar refractivity (Wildman–Crippen MR) is 164 cm³/mol. The van der Waals surface area contributed by atoms with E-state index in [2.05, 4.69) is 4.90 Å². The number of hydrogen-bond acceptors (Lipinski definition) is 7. The second-order valence-electron chi connectivity index (χ2n) is 11.6. The number of methoxy groups -OCH3 is 3. The Morgan fingerprint density at radius 2 is 1.47 bits per heavy atom. The number of nitrogens with two attached hydrogens (primary N) is 1. The fraction of sp³-hybridized carbons (Fsp3) is 0.412. The van der Waals surface area contributed by atoms with Gasteiger partial charge >= 0.3 is 0 Å². The van der Waals surface area contributed by atoms with Gasteiger partial charge in [0, 0.05) is 24.1 Å². The van der Waals surface area contributed by atoms with E-state index in [9.17, 15) is 14.7 Å². The average molecular weight is 588 g/mol. The third-order valence-corrected chi connectivity index (χ3v) is 9.45. The molecule has 3 aromatic carbocycles. The minimum atomic E-state index is -0.649.